The molecule has 1 heterocycles. The Labute approximate surface area is 117 Å². The quantitative estimate of drug-likeness (QED) is 0.871. The van der Waals surface area contributed by atoms with E-state index in [0.717, 1.165) is 37.1 Å². The van der Waals surface area contributed by atoms with Gasteiger partial charge in [-0.05, 0) is 43.9 Å². The summed E-state index contributed by atoms with van der Waals surface area (Å²) in [5.41, 5.74) is 2.26. The van der Waals surface area contributed by atoms with Gasteiger partial charge in [0.15, 0.2) is 0 Å². The summed E-state index contributed by atoms with van der Waals surface area (Å²) in [6.45, 7) is 2.64. The van der Waals surface area contributed by atoms with Crippen molar-refractivity contribution in [2.24, 2.45) is 0 Å². The van der Waals surface area contributed by atoms with E-state index < -0.39 is 5.97 Å². The zero-order valence-corrected chi connectivity index (χ0v) is 11.4. The lowest BCUT2D eigenvalue weighted by atomic mass is 10.1. The molecule has 0 spiro atoms. The van der Waals surface area contributed by atoms with Gasteiger partial charge in [-0.3, -0.25) is 4.79 Å². The van der Waals surface area contributed by atoms with E-state index in [1.165, 1.54) is 0 Å². The largest absolute Gasteiger partial charge is 0.478 e. The van der Waals surface area contributed by atoms with Crippen LogP contribution >= 0.6 is 0 Å². The molecule has 1 aliphatic heterocycles. The van der Waals surface area contributed by atoms with E-state index in [2.05, 4.69) is 5.32 Å². The van der Waals surface area contributed by atoms with E-state index >= 15 is 0 Å². The molecular weight excluding hydrogens is 256 g/mol. The number of nitrogens with zero attached hydrogens (tertiary/aromatic N) is 1. The first-order chi connectivity index (χ1) is 9.56. The fraction of sp³-hybridized carbons (Fsp3) is 0.467. The summed E-state index contributed by atoms with van der Waals surface area (Å²) in [5, 5.41) is 12.1. The number of hydrogen-bond acceptors (Lipinski definition) is 3. The third-order valence-electron chi connectivity index (χ3n) is 4.03. The van der Waals surface area contributed by atoms with Gasteiger partial charge in [0.05, 0.1) is 5.56 Å². The molecule has 5 nitrogen and oxygen atoms in total. The van der Waals surface area contributed by atoms with Crippen LogP contribution in [-0.4, -0.2) is 35.6 Å². The molecule has 1 unspecified atom stereocenters. The maximum Gasteiger partial charge on any atom is 0.335 e. The highest BCUT2D eigenvalue weighted by Gasteiger charge is 2.31. The van der Waals surface area contributed by atoms with E-state index in [9.17, 15) is 9.59 Å². The number of carboxylic acid groups (broad SMARTS) is 1. The first-order valence-corrected chi connectivity index (χ1v) is 6.99. The Morgan fingerprint density at radius 3 is 2.80 bits per heavy atom. The number of hydrogen-bond donors (Lipinski definition) is 2. The predicted octanol–water partition coefficient (Wildman–Crippen LogP) is 1.41. The molecule has 20 heavy (non-hydrogen) atoms. The maximum atomic E-state index is 12.1. The van der Waals surface area contributed by atoms with Crippen LogP contribution in [0.4, 0.5) is 5.69 Å². The van der Waals surface area contributed by atoms with E-state index in [1.54, 1.807) is 12.1 Å². The Balaban J connectivity index is 1.81. The minimum Gasteiger partial charge on any atom is -0.478 e. The molecule has 2 N–H and O–H groups in total. The molecule has 5 heteroatoms. The number of fused-ring (bicyclic) bond motifs is 1. The van der Waals surface area contributed by atoms with Crippen molar-refractivity contribution >= 4 is 17.6 Å². The number of anilines is 1. The Bertz CT molecular complexity index is 566. The summed E-state index contributed by atoms with van der Waals surface area (Å²) in [6.07, 6.45) is 2.99. The zero-order chi connectivity index (χ0) is 14.3. The number of rotatable bonds is 4. The summed E-state index contributed by atoms with van der Waals surface area (Å²) in [6, 6.07) is 5.23. The van der Waals surface area contributed by atoms with Gasteiger partial charge in [0.25, 0.3) is 0 Å². The van der Waals surface area contributed by atoms with Gasteiger partial charge in [-0.2, -0.15) is 0 Å². The minimum absolute atomic E-state index is 0.0288. The third-order valence-corrected chi connectivity index (χ3v) is 4.03. The summed E-state index contributed by atoms with van der Waals surface area (Å²) in [5.74, 6) is -0.907. The number of amides is 1. The van der Waals surface area contributed by atoms with Crippen LogP contribution in [0.1, 0.15) is 35.7 Å². The van der Waals surface area contributed by atoms with Crippen LogP contribution in [0.15, 0.2) is 18.2 Å². The van der Waals surface area contributed by atoms with Gasteiger partial charge in [0, 0.05) is 18.3 Å². The fourth-order valence-electron chi connectivity index (χ4n) is 2.63. The second-order valence-electron chi connectivity index (χ2n) is 5.55. The summed E-state index contributed by atoms with van der Waals surface area (Å²) in [7, 11) is 0. The normalized spacial score (nSPS) is 18.6. The van der Waals surface area contributed by atoms with Gasteiger partial charge in [-0.15, -0.1) is 0 Å². The van der Waals surface area contributed by atoms with Crippen molar-refractivity contribution in [2.45, 2.75) is 38.3 Å². The van der Waals surface area contributed by atoms with Crippen LogP contribution in [0.5, 0.6) is 0 Å². The molecule has 0 saturated heterocycles. The molecule has 2 aliphatic rings. The lowest BCUT2D eigenvalue weighted by Crippen LogP contribution is -2.45. The summed E-state index contributed by atoms with van der Waals surface area (Å²) >= 11 is 0. The van der Waals surface area contributed by atoms with Crippen molar-refractivity contribution in [3.8, 4) is 0 Å². The second kappa shape index (κ2) is 4.81. The SMILES string of the molecule is CC(C(=O)NC1CC1)N1CCc2ccc(C(=O)O)cc21. The van der Waals surface area contributed by atoms with Crippen LogP contribution in [0.3, 0.4) is 0 Å². The van der Waals surface area contributed by atoms with Crippen LogP contribution in [0, 0.1) is 0 Å². The Morgan fingerprint density at radius 2 is 2.15 bits per heavy atom. The highest BCUT2D eigenvalue weighted by atomic mass is 16.4. The number of aromatic carboxylic acids is 1. The topological polar surface area (TPSA) is 69.6 Å². The third kappa shape index (κ3) is 2.35. The van der Waals surface area contributed by atoms with Gasteiger partial charge in [0.1, 0.15) is 6.04 Å². The van der Waals surface area contributed by atoms with Crippen molar-refractivity contribution < 1.29 is 14.7 Å². The highest BCUT2D eigenvalue weighted by Crippen LogP contribution is 2.31. The van der Waals surface area contributed by atoms with E-state index in [1.807, 2.05) is 17.9 Å². The van der Waals surface area contributed by atoms with Gasteiger partial charge < -0.3 is 15.3 Å². The zero-order valence-electron chi connectivity index (χ0n) is 11.4. The molecule has 1 aliphatic carbocycles. The molecule has 1 aromatic rings. The molecule has 1 fully saturated rings. The van der Waals surface area contributed by atoms with Crippen molar-refractivity contribution in [2.75, 3.05) is 11.4 Å². The van der Waals surface area contributed by atoms with Crippen LogP contribution in [-0.2, 0) is 11.2 Å². The van der Waals surface area contributed by atoms with E-state index in [0.29, 0.717) is 6.04 Å². The van der Waals surface area contributed by atoms with Gasteiger partial charge in [-0.1, -0.05) is 6.07 Å². The number of benzene rings is 1. The number of nitrogens with one attached hydrogen (secondary N) is 1. The maximum absolute atomic E-state index is 12.1. The Kier molecular flexibility index (Phi) is 3.12. The number of carbonyl (C=O) groups excluding carboxylic acids is 1. The first-order valence-electron chi connectivity index (χ1n) is 6.99. The number of carboxylic acids is 1. The average molecular weight is 274 g/mol. The molecule has 0 aromatic heterocycles. The van der Waals surface area contributed by atoms with E-state index in [-0.39, 0.29) is 17.5 Å². The van der Waals surface area contributed by atoms with Crippen molar-refractivity contribution in [3.63, 3.8) is 0 Å². The second-order valence-corrected chi connectivity index (χ2v) is 5.55. The highest BCUT2D eigenvalue weighted by molar-refractivity contribution is 5.91. The van der Waals surface area contributed by atoms with Crippen molar-refractivity contribution in [3.05, 3.63) is 29.3 Å². The van der Waals surface area contributed by atoms with Crippen LogP contribution in [0.2, 0.25) is 0 Å². The summed E-state index contributed by atoms with van der Waals surface area (Å²) < 4.78 is 0. The molecule has 106 valence electrons. The van der Waals surface area contributed by atoms with Crippen molar-refractivity contribution in [1.29, 1.82) is 0 Å². The molecule has 1 aromatic carbocycles. The molecule has 3 rings (SSSR count). The summed E-state index contributed by atoms with van der Waals surface area (Å²) in [4.78, 5) is 25.2. The molecule has 1 atom stereocenters. The molecule has 1 amide bonds. The standard InChI is InChI=1S/C15H18N2O3/c1-9(14(18)16-12-4-5-12)17-7-6-10-2-3-11(15(19)20)8-13(10)17/h2-3,8-9,12H,4-7H2,1H3,(H,16,18)(H,19,20). The lowest BCUT2D eigenvalue weighted by molar-refractivity contribution is -0.122. The first kappa shape index (κ1) is 13.0. The smallest absolute Gasteiger partial charge is 0.335 e. The van der Waals surface area contributed by atoms with Crippen molar-refractivity contribution in [1.82, 2.24) is 5.32 Å². The minimum atomic E-state index is -0.935. The van der Waals surface area contributed by atoms with E-state index in [4.69, 9.17) is 5.11 Å². The van der Waals surface area contributed by atoms with Crippen LogP contribution in [0.25, 0.3) is 0 Å². The average Bonchev–Trinajstić information content (AvgIpc) is 3.14. The molecule has 0 bridgehead atoms. The monoisotopic (exact) mass is 274 g/mol. The molecular formula is C15H18N2O3. The molecule has 1 saturated carbocycles. The number of carbonyl (C=O) groups is 2. The Hall–Kier alpha value is -2.04. The lowest BCUT2D eigenvalue weighted by Gasteiger charge is -2.26. The Morgan fingerprint density at radius 1 is 1.40 bits per heavy atom. The van der Waals surface area contributed by atoms with Crippen LogP contribution < -0.4 is 10.2 Å². The van der Waals surface area contributed by atoms with Gasteiger partial charge in [0.2, 0.25) is 5.91 Å². The molecule has 0 radical (unpaired) electrons. The predicted molar refractivity (Wildman–Crippen MR) is 75.1 cm³/mol. The van der Waals surface area contributed by atoms with Gasteiger partial charge >= 0.3 is 5.97 Å². The van der Waals surface area contributed by atoms with Gasteiger partial charge in [-0.25, -0.2) is 4.79 Å². The fourth-order valence-corrected chi connectivity index (χ4v) is 2.63.